The molecule has 1 aliphatic rings. The highest BCUT2D eigenvalue weighted by Crippen LogP contribution is 2.14. The van der Waals surface area contributed by atoms with Gasteiger partial charge >= 0.3 is 0 Å². The number of pyridine rings is 1. The zero-order chi connectivity index (χ0) is 15.2. The molecule has 2 rings (SSSR count). The molecule has 1 atom stereocenters. The van der Waals surface area contributed by atoms with E-state index in [0.717, 1.165) is 0 Å². The predicted molar refractivity (Wildman–Crippen MR) is 76.3 cm³/mol. The number of aromatic nitrogens is 1. The highest BCUT2D eigenvalue weighted by atomic mass is 16.2. The summed E-state index contributed by atoms with van der Waals surface area (Å²) in [5.74, 6) is 4.88. The van der Waals surface area contributed by atoms with Crippen molar-refractivity contribution in [2.45, 2.75) is 19.4 Å². The first kappa shape index (κ1) is 15.0. The van der Waals surface area contributed by atoms with E-state index in [1.807, 2.05) is 6.92 Å². The van der Waals surface area contributed by atoms with Gasteiger partial charge in [-0.3, -0.25) is 14.6 Å². The Labute approximate surface area is 123 Å². The van der Waals surface area contributed by atoms with Gasteiger partial charge in [-0.1, -0.05) is 18.8 Å². The van der Waals surface area contributed by atoms with Gasteiger partial charge in [0.2, 0.25) is 5.91 Å². The van der Waals surface area contributed by atoms with Crippen molar-refractivity contribution in [2.24, 2.45) is 0 Å². The van der Waals surface area contributed by atoms with Crippen molar-refractivity contribution in [3.8, 4) is 11.8 Å². The van der Waals surface area contributed by atoms with Gasteiger partial charge in [0.05, 0.1) is 5.56 Å². The summed E-state index contributed by atoms with van der Waals surface area (Å²) >= 11 is 0. The number of hydrogen-bond acceptors (Lipinski definition) is 4. The normalized spacial score (nSPS) is 17.7. The number of hydrogen-bond donors (Lipinski definition) is 2. The topological polar surface area (TPSA) is 82.5 Å². The molecule has 0 bridgehead atoms. The number of aliphatic hydroxyl groups is 1. The third kappa shape index (κ3) is 3.38. The van der Waals surface area contributed by atoms with Crippen LogP contribution >= 0.6 is 0 Å². The summed E-state index contributed by atoms with van der Waals surface area (Å²) in [4.78, 5) is 29.9. The minimum Gasteiger partial charge on any atom is -0.384 e. The van der Waals surface area contributed by atoms with E-state index < -0.39 is 6.04 Å². The van der Waals surface area contributed by atoms with Crippen LogP contribution in [0, 0.1) is 11.8 Å². The smallest absolute Gasteiger partial charge is 0.256 e. The number of carbonyl (C=O) groups is 2. The molecule has 1 saturated heterocycles. The number of nitrogens with zero attached hydrogens (tertiary/aromatic N) is 2. The third-order valence-electron chi connectivity index (χ3n) is 3.28. The van der Waals surface area contributed by atoms with E-state index in [1.165, 1.54) is 12.4 Å². The molecule has 2 amide bonds. The van der Waals surface area contributed by atoms with Crippen molar-refractivity contribution in [3.63, 3.8) is 0 Å². The second kappa shape index (κ2) is 6.86. The average molecular weight is 287 g/mol. The number of nitrogens with one attached hydrogen (secondary N) is 1. The van der Waals surface area contributed by atoms with E-state index in [1.54, 1.807) is 11.0 Å². The standard InChI is InChI=1S/C15H17N3O3/c1-2-13-14(20)17-5-6-18(13)15(21)12-8-11(4-3-7-19)9-16-10-12/h8-10,13,19H,2,5-7H2,1H3,(H,17,20). The second-order valence-electron chi connectivity index (χ2n) is 4.64. The lowest BCUT2D eigenvalue weighted by molar-refractivity contribution is -0.127. The highest BCUT2D eigenvalue weighted by molar-refractivity contribution is 5.98. The fourth-order valence-corrected chi connectivity index (χ4v) is 2.30. The van der Waals surface area contributed by atoms with Gasteiger partial charge in [-0.25, -0.2) is 0 Å². The summed E-state index contributed by atoms with van der Waals surface area (Å²) in [6.45, 7) is 2.56. The maximum atomic E-state index is 12.5. The van der Waals surface area contributed by atoms with E-state index in [-0.39, 0.29) is 18.4 Å². The van der Waals surface area contributed by atoms with Crippen molar-refractivity contribution in [3.05, 3.63) is 29.6 Å². The summed E-state index contributed by atoms with van der Waals surface area (Å²) in [6, 6.07) is 1.18. The van der Waals surface area contributed by atoms with E-state index in [2.05, 4.69) is 22.1 Å². The van der Waals surface area contributed by atoms with Gasteiger partial charge in [0.1, 0.15) is 12.6 Å². The number of piperazine rings is 1. The molecule has 1 aromatic heterocycles. The summed E-state index contributed by atoms with van der Waals surface area (Å²) in [6.07, 6.45) is 3.56. The van der Waals surface area contributed by atoms with Gasteiger partial charge in [-0.2, -0.15) is 0 Å². The summed E-state index contributed by atoms with van der Waals surface area (Å²) < 4.78 is 0. The van der Waals surface area contributed by atoms with Gasteiger partial charge in [0.15, 0.2) is 0 Å². The SMILES string of the molecule is CCC1C(=O)NCCN1C(=O)c1cncc(C#CCO)c1. The van der Waals surface area contributed by atoms with E-state index >= 15 is 0 Å². The zero-order valence-electron chi connectivity index (χ0n) is 11.8. The molecule has 0 aliphatic carbocycles. The molecule has 0 saturated carbocycles. The first-order chi connectivity index (χ1) is 10.2. The Balaban J connectivity index is 2.24. The summed E-state index contributed by atoms with van der Waals surface area (Å²) in [5.41, 5.74) is 0.956. The van der Waals surface area contributed by atoms with E-state index in [0.29, 0.717) is 30.6 Å². The van der Waals surface area contributed by atoms with Gasteiger partial charge in [-0.15, -0.1) is 0 Å². The number of rotatable bonds is 2. The monoisotopic (exact) mass is 287 g/mol. The lowest BCUT2D eigenvalue weighted by atomic mass is 10.1. The molecular formula is C15H17N3O3. The largest absolute Gasteiger partial charge is 0.384 e. The Kier molecular flexibility index (Phi) is 4.90. The molecule has 2 N–H and O–H groups in total. The first-order valence-electron chi connectivity index (χ1n) is 6.80. The molecule has 6 nitrogen and oxygen atoms in total. The zero-order valence-corrected chi connectivity index (χ0v) is 11.8. The molecule has 1 aliphatic heterocycles. The highest BCUT2D eigenvalue weighted by Gasteiger charge is 2.32. The lowest BCUT2D eigenvalue weighted by Gasteiger charge is -2.34. The number of amides is 2. The van der Waals surface area contributed by atoms with Crippen molar-refractivity contribution < 1.29 is 14.7 Å². The van der Waals surface area contributed by atoms with E-state index in [4.69, 9.17) is 5.11 Å². The van der Waals surface area contributed by atoms with Crippen molar-refractivity contribution in [1.29, 1.82) is 0 Å². The predicted octanol–water partition coefficient (Wildman–Crippen LogP) is -0.224. The Hall–Kier alpha value is -2.39. The number of aliphatic hydroxyl groups excluding tert-OH is 1. The average Bonchev–Trinajstić information content (AvgIpc) is 2.52. The molecular weight excluding hydrogens is 270 g/mol. The number of carbonyl (C=O) groups excluding carboxylic acids is 2. The van der Waals surface area contributed by atoms with Crippen LogP contribution in [-0.2, 0) is 4.79 Å². The van der Waals surface area contributed by atoms with Crippen molar-refractivity contribution in [1.82, 2.24) is 15.2 Å². The fraction of sp³-hybridized carbons (Fsp3) is 0.400. The van der Waals surface area contributed by atoms with Gasteiger partial charge in [0.25, 0.3) is 5.91 Å². The second-order valence-corrected chi connectivity index (χ2v) is 4.64. The molecule has 0 radical (unpaired) electrons. The van der Waals surface area contributed by atoms with Crippen LogP contribution in [0.15, 0.2) is 18.5 Å². The Morgan fingerprint density at radius 1 is 1.57 bits per heavy atom. The van der Waals surface area contributed by atoms with Gasteiger partial charge in [0, 0.05) is 31.0 Å². The molecule has 1 aromatic rings. The van der Waals surface area contributed by atoms with Crippen LogP contribution in [0.4, 0.5) is 0 Å². The van der Waals surface area contributed by atoms with Crippen LogP contribution in [0.1, 0.15) is 29.3 Å². The van der Waals surface area contributed by atoms with Crippen LogP contribution in [0.3, 0.4) is 0 Å². The molecule has 110 valence electrons. The van der Waals surface area contributed by atoms with Gasteiger partial charge in [-0.05, 0) is 12.5 Å². The Morgan fingerprint density at radius 2 is 2.38 bits per heavy atom. The fourth-order valence-electron chi connectivity index (χ4n) is 2.30. The molecule has 2 heterocycles. The molecule has 0 spiro atoms. The molecule has 1 fully saturated rings. The van der Waals surface area contributed by atoms with Crippen LogP contribution < -0.4 is 5.32 Å². The first-order valence-corrected chi connectivity index (χ1v) is 6.80. The van der Waals surface area contributed by atoms with E-state index in [9.17, 15) is 9.59 Å². The maximum Gasteiger partial charge on any atom is 0.256 e. The quantitative estimate of drug-likeness (QED) is 0.737. The third-order valence-corrected chi connectivity index (χ3v) is 3.28. The lowest BCUT2D eigenvalue weighted by Crippen LogP contribution is -2.56. The Bertz CT molecular complexity index is 604. The minimum absolute atomic E-state index is 0.124. The molecule has 1 unspecified atom stereocenters. The van der Waals surface area contributed by atoms with Crippen LogP contribution in [-0.4, -0.2) is 52.5 Å². The minimum atomic E-state index is -0.446. The summed E-state index contributed by atoms with van der Waals surface area (Å²) in [7, 11) is 0. The maximum absolute atomic E-state index is 12.5. The van der Waals surface area contributed by atoms with Crippen LogP contribution in [0.2, 0.25) is 0 Å². The summed E-state index contributed by atoms with van der Waals surface area (Å²) in [5, 5.41) is 11.5. The van der Waals surface area contributed by atoms with Crippen molar-refractivity contribution in [2.75, 3.05) is 19.7 Å². The molecule has 21 heavy (non-hydrogen) atoms. The molecule has 6 heteroatoms. The van der Waals surface area contributed by atoms with Crippen LogP contribution in [0.5, 0.6) is 0 Å². The van der Waals surface area contributed by atoms with Crippen LogP contribution in [0.25, 0.3) is 0 Å². The van der Waals surface area contributed by atoms with Gasteiger partial charge < -0.3 is 15.3 Å². The van der Waals surface area contributed by atoms with Crippen molar-refractivity contribution >= 4 is 11.8 Å². The molecule has 0 aromatic carbocycles. The Morgan fingerprint density at radius 3 is 3.10 bits per heavy atom.